The molecule has 0 amide bonds. The van der Waals surface area contributed by atoms with Gasteiger partial charge in [0.05, 0.1) is 48.2 Å². The van der Waals surface area contributed by atoms with E-state index in [4.69, 9.17) is 32.9 Å². The Hall–Kier alpha value is -10.1. The number of aliphatic hydroxyl groups excluding tert-OH is 1. The Kier molecular flexibility index (Phi) is 23.0. The van der Waals surface area contributed by atoms with Gasteiger partial charge in [0.2, 0.25) is 0 Å². The van der Waals surface area contributed by atoms with Crippen molar-refractivity contribution in [3.8, 4) is 79.4 Å². The van der Waals surface area contributed by atoms with Gasteiger partial charge in [-0.05, 0) is 95.6 Å². The maximum atomic E-state index is 11.0. The molecule has 0 saturated heterocycles. The molecule has 484 valence electrons. The molecular weight excluding hydrogens is 1580 g/mol. The van der Waals surface area contributed by atoms with E-state index in [2.05, 4.69) is 66.7 Å². The summed E-state index contributed by atoms with van der Waals surface area (Å²) in [4.78, 5) is 17.4. The quantitative estimate of drug-likeness (QED) is 0.0659. The Bertz CT molecular complexity index is 5180. The van der Waals surface area contributed by atoms with Gasteiger partial charge in [0, 0.05) is 105 Å². The molecule has 2 N–H and O–H groups in total. The molecule has 6 heterocycles. The molecule has 2 radical (unpaired) electrons. The number of benzene rings is 8. The number of alkyl halides is 3. The van der Waals surface area contributed by atoms with Gasteiger partial charge >= 0.3 is 15.6 Å². The van der Waals surface area contributed by atoms with Crippen molar-refractivity contribution in [3.63, 3.8) is 0 Å². The molecule has 0 bridgehead atoms. The number of fused-ring (bicyclic) bond motifs is 6. The summed E-state index contributed by atoms with van der Waals surface area (Å²) in [6, 6.07) is 59.9. The van der Waals surface area contributed by atoms with Crippen molar-refractivity contribution < 1.29 is 99.0 Å². The van der Waals surface area contributed by atoms with Gasteiger partial charge in [-0.1, -0.05) is 139 Å². The minimum Gasteiger partial charge on any atom is -0.500 e. The standard InChI is InChI=1S/C24H14N2O.C24H13N2O.2C12H10N.CHF3O4S.CH4O.CH4.CH3.2Ir/c2*25-15-17-12-13-19-18-9-6-10-20(21-11-4-5-14-26-21)23(18)27-24(19)22(17)16-7-2-1-3-8-16;2*1-10-7-8-12(13-9-10)11-5-3-2-4-6-11;2-1(3,4)9(6,7)8-5;1-2;;;;/h1-14H;1-9,11-14H;2*2-5,7-9H,1H3;5H;2H,1H3;1H4;1H3;;/q;3*-1;;;;-1;;/i2*1D,2D,3D,7D,8D;;;;;;;;. The number of furan rings is 2. The predicted octanol–water partition coefficient (Wildman–Crippen LogP) is 18.9. The predicted molar refractivity (Wildman–Crippen MR) is 360 cm³/mol. The van der Waals surface area contributed by atoms with Crippen molar-refractivity contribution in [2.24, 2.45) is 0 Å². The third-order valence-electron chi connectivity index (χ3n) is 13.0. The number of nitriles is 2. The van der Waals surface area contributed by atoms with Gasteiger partial charge in [0.25, 0.3) is 0 Å². The number of aliphatic hydroxyl groups is 1. The number of aryl methyl sites for hydroxylation is 2. The van der Waals surface area contributed by atoms with Gasteiger partial charge in [-0.15, -0.1) is 94.3 Å². The minimum atomic E-state index is -5.78. The monoisotopic (exact) mass is 1650 g/mol. The van der Waals surface area contributed by atoms with E-state index in [9.17, 15) is 32.1 Å². The second kappa shape index (κ2) is 35.8. The number of hydrogen-bond acceptors (Lipinski definition) is 13. The topological polar surface area (TPSA) is 209 Å². The van der Waals surface area contributed by atoms with E-state index in [1.165, 1.54) is 11.1 Å². The molecule has 0 saturated carbocycles. The molecule has 95 heavy (non-hydrogen) atoms. The summed E-state index contributed by atoms with van der Waals surface area (Å²) in [7, 11) is -4.78. The van der Waals surface area contributed by atoms with Crippen molar-refractivity contribution in [3.05, 3.63) is 297 Å². The van der Waals surface area contributed by atoms with Crippen LogP contribution in [0.5, 0.6) is 0 Å². The fourth-order valence-electron chi connectivity index (χ4n) is 8.93. The zero-order valence-electron chi connectivity index (χ0n) is 59.7. The zero-order chi connectivity index (χ0) is 73.0. The first-order valence-electron chi connectivity index (χ1n) is 31.9. The fourth-order valence-corrected chi connectivity index (χ4v) is 9.01. The van der Waals surface area contributed by atoms with Crippen molar-refractivity contribution >= 4 is 54.0 Å². The maximum Gasteiger partial charge on any atom is 0.525 e. The molecule has 0 fully saturated rings. The largest absolute Gasteiger partial charge is 0.525 e. The third-order valence-corrected chi connectivity index (χ3v) is 13.8. The van der Waals surface area contributed by atoms with Gasteiger partial charge < -0.3 is 36.3 Å². The molecule has 14 rings (SSSR count). The van der Waals surface area contributed by atoms with Gasteiger partial charge in [-0.25, -0.2) is 5.26 Å². The molecule has 8 aromatic carbocycles. The van der Waals surface area contributed by atoms with Gasteiger partial charge in [0.15, 0.2) is 0 Å². The Labute approximate surface area is 590 Å². The molecule has 0 unspecified atom stereocenters. The summed E-state index contributed by atoms with van der Waals surface area (Å²) in [5, 5.41) is 36.5. The number of aromatic nitrogens is 4. The van der Waals surface area contributed by atoms with Crippen molar-refractivity contribution in [1.82, 2.24) is 19.9 Å². The SMILES string of the molecule is C.CO.Cc1ccc(-c2[c-]cccc2)nc1.Cc1ccc(-c2[c-]cccc2)nc1.O=S(=O)(OO)C(F)(F)F.[2H]c1c([2H])c([2H])c(-c2c(C#N)ccc3c2oc2c(-c4ccccn4)[c-]ccc23)c([2H])c1[2H].[2H]c1c([2H])c([2H])c(-c2c(C#N)ccc3c2oc2c(-c4ccccn4)cccc23)c([2H])c1[2H].[CH3-].[Ir].[Ir]. The van der Waals surface area contributed by atoms with E-state index >= 15 is 0 Å². The van der Waals surface area contributed by atoms with Gasteiger partial charge in [-0.3, -0.25) is 4.98 Å². The summed E-state index contributed by atoms with van der Waals surface area (Å²) in [5.41, 5.74) is 5.74. The average molecular weight is 1650 g/mol. The summed E-state index contributed by atoms with van der Waals surface area (Å²) in [5.74, 6) is 0. The van der Waals surface area contributed by atoms with Crippen LogP contribution in [0.1, 0.15) is 43.4 Å². The van der Waals surface area contributed by atoms with Crippen LogP contribution < -0.4 is 0 Å². The summed E-state index contributed by atoms with van der Waals surface area (Å²) < 4.78 is 148. The summed E-state index contributed by atoms with van der Waals surface area (Å²) in [6.07, 6.45) is 7.09. The average Bonchev–Trinajstić information content (AvgIpc) is 1.61. The first-order valence-corrected chi connectivity index (χ1v) is 28.4. The zero-order valence-corrected chi connectivity index (χ0v) is 55.3. The fraction of sp³-hybridized carbons (Fsp3) is 0.0658. The number of hydrogen-bond donors (Lipinski definition) is 2. The molecule has 19 heteroatoms. The first-order chi connectivity index (χ1) is 48.4. The second-order valence-corrected chi connectivity index (χ2v) is 20.4. The number of nitrogens with zero attached hydrogens (tertiary/aromatic N) is 6. The molecule has 13 nitrogen and oxygen atoms in total. The Morgan fingerprint density at radius 1 is 0.516 bits per heavy atom. The third kappa shape index (κ3) is 18.2. The van der Waals surface area contributed by atoms with E-state index in [0.29, 0.717) is 44.5 Å². The molecule has 0 aliphatic heterocycles. The first kappa shape index (κ1) is 61.1. The van der Waals surface area contributed by atoms with Crippen LogP contribution in [0, 0.1) is 62.1 Å². The summed E-state index contributed by atoms with van der Waals surface area (Å²) in [6.45, 7) is 4.07. The van der Waals surface area contributed by atoms with Crippen LogP contribution in [0.3, 0.4) is 0 Å². The number of pyridine rings is 4. The van der Waals surface area contributed by atoms with E-state index in [-0.39, 0.29) is 106 Å². The molecule has 0 spiro atoms. The summed E-state index contributed by atoms with van der Waals surface area (Å²) >= 11 is 0. The Morgan fingerprint density at radius 2 is 0.968 bits per heavy atom. The number of halogens is 3. The molecule has 0 aliphatic carbocycles. The van der Waals surface area contributed by atoms with Gasteiger partial charge in [0.1, 0.15) is 16.7 Å². The minimum absolute atomic E-state index is 0. The van der Waals surface area contributed by atoms with Crippen LogP contribution in [0.2, 0.25) is 0 Å². The Balaban J connectivity index is 0.000000251. The molecule has 6 aromatic heterocycles. The smallest absolute Gasteiger partial charge is 0.500 e. The van der Waals surface area contributed by atoms with Crippen LogP contribution in [0.4, 0.5) is 13.2 Å². The number of para-hydroxylation sites is 1. The van der Waals surface area contributed by atoms with Crippen LogP contribution >= 0.6 is 0 Å². The molecule has 14 aromatic rings. The molecule has 0 atom stereocenters. The van der Waals surface area contributed by atoms with Gasteiger partial charge in [-0.2, -0.15) is 32.1 Å². The van der Waals surface area contributed by atoms with Crippen molar-refractivity contribution in [2.75, 3.05) is 7.11 Å². The second-order valence-electron chi connectivity index (χ2n) is 18.8. The Morgan fingerprint density at radius 3 is 1.37 bits per heavy atom. The maximum absolute atomic E-state index is 11.0. The van der Waals surface area contributed by atoms with Crippen LogP contribution in [0.15, 0.2) is 258 Å². The van der Waals surface area contributed by atoms with E-state index < -0.39 is 64.0 Å². The van der Waals surface area contributed by atoms with Crippen molar-refractivity contribution in [2.45, 2.75) is 26.8 Å². The molecular formula is C76H59F3Ir2N6O7S-4. The normalized spacial score (nSPS) is 11.8. The van der Waals surface area contributed by atoms with Crippen LogP contribution in [0.25, 0.3) is 111 Å². The van der Waals surface area contributed by atoms with E-state index in [0.717, 1.165) is 46.0 Å². The molecule has 0 aliphatic rings. The van der Waals surface area contributed by atoms with E-state index in [1.54, 1.807) is 48.8 Å². The van der Waals surface area contributed by atoms with Crippen LogP contribution in [-0.2, 0) is 54.7 Å². The van der Waals surface area contributed by atoms with Crippen molar-refractivity contribution in [1.29, 1.82) is 10.5 Å². The van der Waals surface area contributed by atoms with Crippen LogP contribution in [-0.4, -0.2) is 51.3 Å². The van der Waals surface area contributed by atoms with E-state index in [1.807, 2.05) is 142 Å². The number of rotatable bonds is 7.